The lowest BCUT2D eigenvalue weighted by atomic mass is 10.1. The third kappa shape index (κ3) is 3.22. The maximum atomic E-state index is 5.83. The highest BCUT2D eigenvalue weighted by molar-refractivity contribution is 5.70. The Kier molecular flexibility index (Phi) is 4.29. The van der Waals surface area contributed by atoms with Crippen LogP contribution in [0.1, 0.15) is 19.5 Å². The van der Waals surface area contributed by atoms with Gasteiger partial charge in [0, 0.05) is 20.1 Å². The van der Waals surface area contributed by atoms with E-state index in [0.29, 0.717) is 6.54 Å². The van der Waals surface area contributed by atoms with Crippen LogP contribution in [0, 0.1) is 0 Å². The van der Waals surface area contributed by atoms with E-state index in [1.165, 1.54) is 5.69 Å². The summed E-state index contributed by atoms with van der Waals surface area (Å²) >= 11 is 0. The Bertz CT molecular complexity index is 617. The lowest BCUT2D eigenvalue weighted by molar-refractivity contribution is -0.00517. The molecule has 6 nitrogen and oxygen atoms in total. The van der Waals surface area contributed by atoms with Crippen molar-refractivity contribution in [1.82, 2.24) is 15.0 Å². The Balaban J connectivity index is 1.76. The highest BCUT2D eigenvalue weighted by Gasteiger charge is 2.23. The molecule has 0 saturated carbocycles. The summed E-state index contributed by atoms with van der Waals surface area (Å²) in [5.74, 6) is 0. The second-order valence-electron chi connectivity index (χ2n) is 5.88. The average molecular weight is 301 g/mol. The van der Waals surface area contributed by atoms with Gasteiger partial charge in [-0.2, -0.15) is 0 Å². The van der Waals surface area contributed by atoms with Gasteiger partial charge < -0.3 is 15.0 Å². The number of para-hydroxylation sites is 2. The minimum absolute atomic E-state index is 0.248. The summed E-state index contributed by atoms with van der Waals surface area (Å²) in [5.41, 5.74) is 3.41. The molecule has 1 fully saturated rings. The van der Waals surface area contributed by atoms with Crippen LogP contribution in [0.2, 0.25) is 0 Å². The molecular weight excluding hydrogens is 278 g/mol. The Morgan fingerprint density at radius 1 is 1.23 bits per heavy atom. The fourth-order valence-electron chi connectivity index (χ4n) is 2.93. The topological polar surface area (TPSA) is 55.2 Å². The predicted octanol–water partition coefficient (Wildman–Crippen LogP) is 2.04. The molecule has 1 aliphatic heterocycles. The molecule has 0 bridgehead atoms. The zero-order valence-corrected chi connectivity index (χ0v) is 13.4. The van der Waals surface area contributed by atoms with Gasteiger partial charge in [-0.1, -0.05) is 17.3 Å². The molecule has 2 aromatic rings. The highest BCUT2D eigenvalue weighted by Crippen LogP contribution is 2.28. The van der Waals surface area contributed by atoms with Crippen molar-refractivity contribution in [2.45, 2.75) is 32.6 Å². The summed E-state index contributed by atoms with van der Waals surface area (Å²) in [7, 11) is 1.90. The summed E-state index contributed by atoms with van der Waals surface area (Å²) < 4.78 is 7.62. The molecule has 0 unspecified atom stereocenters. The van der Waals surface area contributed by atoms with Crippen LogP contribution in [0.4, 0.5) is 11.4 Å². The molecule has 1 aromatic carbocycles. The van der Waals surface area contributed by atoms with E-state index in [1.54, 1.807) is 10.9 Å². The zero-order chi connectivity index (χ0) is 15.5. The molecule has 1 saturated heterocycles. The number of anilines is 2. The van der Waals surface area contributed by atoms with E-state index in [0.717, 1.165) is 24.5 Å². The number of nitrogens with zero attached hydrogens (tertiary/aromatic N) is 4. The summed E-state index contributed by atoms with van der Waals surface area (Å²) in [6.07, 6.45) is 2.28. The molecule has 6 heteroatoms. The fourth-order valence-corrected chi connectivity index (χ4v) is 2.93. The van der Waals surface area contributed by atoms with Crippen LogP contribution in [0.25, 0.3) is 0 Å². The van der Waals surface area contributed by atoms with E-state index in [-0.39, 0.29) is 12.2 Å². The standard InChI is InChI=1S/C16H23N5O/c1-12-10-21(11-13(2)22-12)16-7-5-4-6-15(16)17-8-14-9-18-19-20(14)3/h4-7,9,12-13,17H,8,10-11H2,1-3H3/t12-,13-/m0/s1. The van der Waals surface area contributed by atoms with E-state index in [9.17, 15) is 0 Å². The highest BCUT2D eigenvalue weighted by atomic mass is 16.5. The van der Waals surface area contributed by atoms with E-state index in [2.05, 4.69) is 58.6 Å². The minimum Gasteiger partial charge on any atom is -0.378 e. The predicted molar refractivity (Wildman–Crippen MR) is 87.0 cm³/mol. The van der Waals surface area contributed by atoms with Gasteiger partial charge in [0.25, 0.3) is 0 Å². The largest absolute Gasteiger partial charge is 0.378 e. The van der Waals surface area contributed by atoms with Crippen LogP contribution in [0.5, 0.6) is 0 Å². The summed E-state index contributed by atoms with van der Waals surface area (Å²) in [6.45, 7) is 6.78. The molecule has 0 aliphatic carbocycles. The van der Waals surface area contributed by atoms with E-state index >= 15 is 0 Å². The van der Waals surface area contributed by atoms with Gasteiger partial charge in [-0.3, -0.25) is 4.68 Å². The van der Waals surface area contributed by atoms with Gasteiger partial charge in [-0.05, 0) is 26.0 Å². The number of hydrogen-bond donors (Lipinski definition) is 1. The maximum Gasteiger partial charge on any atom is 0.0774 e. The second-order valence-corrected chi connectivity index (χ2v) is 5.88. The number of ether oxygens (including phenoxy) is 1. The first-order valence-electron chi connectivity index (χ1n) is 7.70. The van der Waals surface area contributed by atoms with E-state index in [4.69, 9.17) is 4.74 Å². The zero-order valence-electron chi connectivity index (χ0n) is 13.4. The lowest BCUT2D eigenvalue weighted by Gasteiger charge is -2.37. The summed E-state index contributed by atoms with van der Waals surface area (Å²) in [4.78, 5) is 2.39. The number of nitrogens with one attached hydrogen (secondary N) is 1. The number of morpholine rings is 1. The Morgan fingerprint density at radius 2 is 1.95 bits per heavy atom. The molecule has 22 heavy (non-hydrogen) atoms. The normalized spacial score (nSPS) is 21.9. The van der Waals surface area contributed by atoms with Gasteiger partial charge in [0.2, 0.25) is 0 Å². The lowest BCUT2D eigenvalue weighted by Crippen LogP contribution is -2.45. The molecule has 1 aliphatic rings. The molecule has 1 N–H and O–H groups in total. The molecule has 0 spiro atoms. The van der Waals surface area contributed by atoms with Crippen molar-refractivity contribution < 1.29 is 4.74 Å². The van der Waals surface area contributed by atoms with Crippen LogP contribution in [-0.2, 0) is 18.3 Å². The fraction of sp³-hybridized carbons (Fsp3) is 0.500. The SMILES string of the molecule is C[C@H]1CN(c2ccccc2NCc2cnnn2C)C[C@H](C)O1. The van der Waals surface area contributed by atoms with Crippen LogP contribution in [0.3, 0.4) is 0 Å². The molecule has 0 amide bonds. The quantitative estimate of drug-likeness (QED) is 0.936. The first-order valence-corrected chi connectivity index (χ1v) is 7.70. The number of benzene rings is 1. The molecule has 0 radical (unpaired) electrons. The van der Waals surface area contributed by atoms with Gasteiger partial charge in [-0.25, -0.2) is 0 Å². The molecule has 2 atom stereocenters. The summed E-state index contributed by atoms with van der Waals surface area (Å²) in [6, 6.07) is 8.41. The first kappa shape index (κ1) is 14.8. The Hall–Kier alpha value is -2.08. The molecule has 118 valence electrons. The molecule has 1 aromatic heterocycles. The van der Waals surface area contributed by atoms with Crippen LogP contribution < -0.4 is 10.2 Å². The van der Waals surface area contributed by atoms with Crippen LogP contribution >= 0.6 is 0 Å². The molecule has 2 heterocycles. The number of rotatable bonds is 4. The van der Waals surface area contributed by atoms with Crippen molar-refractivity contribution in [1.29, 1.82) is 0 Å². The smallest absolute Gasteiger partial charge is 0.0774 e. The van der Waals surface area contributed by atoms with E-state index in [1.807, 2.05) is 7.05 Å². The number of aromatic nitrogens is 3. The van der Waals surface area contributed by atoms with Crippen LogP contribution in [-0.4, -0.2) is 40.3 Å². The summed E-state index contributed by atoms with van der Waals surface area (Å²) in [5, 5.41) is 11.4. The average Bonchev–Trinajstić information content (AvgIpc) is 2.90. The third-order valence-corrected chi connectivity index (χ3v) is 3.93. The van der Waals surface area contributed by atoms with Crippen molar-refractivity contribution in [2.24, 2.45) is 7.05 Å². The van der Waals surface area contributed by atoms with Gasteiger partial charge in [0.15, 0.2) is 0 Å². The van der Waals surface area contributed by atoms with Crippen molar-refractivity contribution in [3.05, 3.63) is 36.2 Å². The van der Waals surface area contributed by atoms with Crippen LogP contribution in [0.15, 0.2) is 30.5 Å². The Morgan fingerprint density at radius 3 is 2.64 bits per heavy atom. The van der Waals surface area contributed by atoms with Crippen molar-refractivity contribution in [2.75, 3.05) is 23.3 Å². The van der Waals surface area contributed by atoms with Gasteiger partial charge in [0.1, 0.15) is 0 Å². The second kappa shape index (κ2) is 6.36. The van der Waals surface area contributed by atoms with E-state index < -0.39 is 0 Å². The molecular formula is C16H23N5O. The minimum atomic E-state index is 0.248. The number of aryl methyl sites for hydroxylation is 1. The number of hydrogen-bond acceptors (Lipinski definition) is 5. The van der Waals surface area contributed by atoms with Crippen molar-refractivity contribution in [3.8, 4) is 0 Å². The maximum absolute atomic E-state index is 5.83. The molecule has 3 rings (SSSR count). The van der Waals surface area contributed by atoms with Crippen molar-refractivity contribution >= 4 is 11.4 Å². The monoisotopic (exact) mass is 301 g/mol. The van der Waals surface area contributed by atoms with Gasteiger partial charge in [-0.15, -0.1) is 5.10 Å². The third-order valence-electron chi connectivity index (χ3n) is 3.93. The Labute approximate surface area is 131 Å². The van der Waals surface area contributed by atoms with Crippen molar-refractivity contribution in [3.63, 3.8) is 0 Å². The first-order chi connectivity index (χ1) is 10.6. The van der Waals surface area contributed by atoms with Gasteiger partial charge in [0.05, 0.1) is 42.0 Å². The van der Waals surface area contributed by atoms with Gasteiger partial charge >= 0.3 is 0 Å².